The second-order valence-corrected chi connectivity index (χ2v) is 8.12. The fourth-order valence-electron chi connectivity index (χ4n) is 3.39. The van der Waals surface area contributed by atoms with Gasteiger partial charge >= 0.3 is 5.97 Å². The van der Waals surface area contributed by atoms with Crippen LogP contribution in [-0.4, -0.2) is 24.4 Å². The minimum atomic E-state index is -0.647. The molecular formula is C27H23ClN2O5. The fourth-order valence-corrected chi connectivity index (χ4v) is 3.61. The van der Waals surface area contributed by atoms with E-state index in [1.165, 1.54) is 0 Å². The largest absolute Gasteiger partial charge is 0.462 e. The summed E-state index contributed by atoms with van der Waals surface area (Å²) in [6, 6.07) is 22.3. The number of carbonyl (C=O) groups is 3. The van der Waals surface area contributed by atoms with Gasteiger partial charge in [0.25, 0.3) is 11.8 Å². The van der Waals surface area contributed by atoms with Crippen molar-refractivity contribution in [2.75, 3.05) is 16.8 Å². The van der Waals surface area contributed by atoms with Crippen molar-refractivity contribution in [3.63, 3.8) is 0 Å². The molecule has 178 valence electrons. The minimum absolute atomic E-state index is 0.0715. The lowest BCUT2D eigenvalue weighted by Crippen LogP contribution is -2.32. The van der Waals surface area contributed by atoms with Crippen LogP contribution >= 0.6 is 11.6 Å². The molecule has 4 rings (SSSR count). The third-order valence-electron chi connectivity index (χ3n) is 5.20. The van der Waals surface area contributed by atoms with Crippen LogP contribution in [0.1, 0.15) is 30.1 Å². The molecule has 1 aliphatic rings. The van der Waals surface area contributed by atoms with Gasteiger partial charge in [-0.15, -0.1) is 0 Å². The summed E-state index contributed by atoms with van der Waals surface area (Å²) in [5, 5.41) is 2.64. The Morgan fingerprint density at radius 3 is 2.34 bits per heavy atom. The van der Waals surface area contributed by atoms with Crippen LogP contribution in [0, 0.1) is 0 Å². The van der Waals surface area contributed by atoms with Gasteiger partial charge in [0.05, 0.1) is 17.9 Å². The number of hydrogen-bond acceptors (Lipinski definition) is 6. The molecule has 2 amide bonds. The second-order valence-electron chi connectivity index (χ2n) is 7.74. The lowest BCUT2D eigenvalue weighted by atomic mass is 10.2. The number of imide groups is 1. The summed E-state index contributed by atoms with van der Waals surface area (Å²) in [7, 11) is 0. The summed E-state index contributed by atoms with van der Waals surface area (Å²) in [5.74, 6) is -0.491. The topological polar surface area (TPSA) is 84.9 Å². The Hall–Kier alpha value is -4.10. The van der Waals surface area contributed by atoms with E-state index in [0.29, 0.717) is 35.0 Å². The van der Waals surface area contributed by atoms with E-state index in [1.807, 2.05) is 37.3 Å². The number of nitrogens with one attached hydrogen (secondary N) is 1. The van der Waals surface area contributed by atoms with Crippen molar-refractivity contribution in [2.24, 2.45) is 0 Å². The summed E-state index contributed by atoms with van der Waals surface area (Å²) in [6.45, 7) is 2.34. The summed E-state index contributed by atoms with van der Waals surface area (Å²) in [6.07, 6.45) is 1.69. The summed E-state index contributed by atoms with van der Waals surface area (Å²) < 4.78 is 11.0. The molecule has 0 saturated carbocycles. The van der Waals surface area contributed by atoms with E-state index in [-0.39, 0.29) is 10.7 Å². The molecule has 0 unspecified atom stereocenters. The maximum atomic E-state index is 13.1. The summed E-state index contributed by atoms with van der Waals surface area (Å²) in [5.41, 5.74) is 1.03. The smallest absolute Gasteiger partial charge is 0.338 e. The number of halogens is 1. The third kappa shape index (κ3) is 5.53. The maximum Gasteiger partial charge on any atom is 0.338 e. The Morgan fingerprint density at radius 2 is 1.63 bits per heavy atom. The van der Waals surface area contributed by atoms with Crippen molar-refractivity contribution in [1.29, 1.82) is 0 Å². The predicted molar refractivity (Wildman–Crippen MR) is 134 cm³/mol. The van der Waals surface area contributed by atoms with E-state index in [4.69, 9.17) is 21.1 Å². The van der Waals surface area contributed by atoms with E-state index in [9.17, 15) is 14.4 Å². The van der Waals surface area contributed by atoms with Crippen LogP contribution in [0.5, 0.6) is 11.5 Å². The van der Waals surface area contributed by atoms with Gasteiger partial charge in [0.15, 0.2) is 0 Å². The monoisotopic (exact) mass is 490 g/mol. The van der Waals surface area contributed by atoms with Gasteiger partial charge in [0.2, 0.25) is 0 Å². The van der Waals surface area contributed by atoms with Gasteiger partial charge in [-0.3, -0.25) is 9.59 Å². The Labute approximate surface area is 207 Å². The van der Waals surface area contributed by atoms with Crippen LogP contribution < -0.4 is 15.0 Å². The number of para-hydroxylation sites is 1. The highest BCUT2D eigenvalue weighted by atomic mass is 35.5. The minimum Gasteiger partial charge on any atom is -0.462 e. The van der Waals surface area contributed by atoms with Crippen LogP contribution in [0.15, 0.2) is 89.6 Å². The number of rotatable bonds is 9. The van der Waals surface area contributed by atoms with E-state index < -0.39 is 17.8 Å². The molecule has 3 aromatic carbocycles. The zero-order chi connectivity index (χ0) is 24.8. The Balaban J connectivity index is 1.47. The van der Waals surface area contributed by atoms with Crippen molar-refractivity contribution in [2.45, 2.75) is 19.8 Å². The van der Waals surface area contributed by atoms with Crippen molar-refractivity contribution in [3.05, 3.63) is 95.2 Å². The molecule has 0 fully saturated rings. The summed E-state index contributed by atoms with van der Waals surface area (Å²) >= 11 is 6.23. The van der Waals surface area contributed by atoms with Crippen LogP contribution in [-0.2, 0) is 14.3 Å². The highest BCUT2D eigenvalue weighted by Crippen LogP contribution is 2.32. The molecule has 0 aromatic heterocycles. The number of ether oxygens (including phenoxy) is 2. The van der Waals surface area contributed by atoms with Crippen LogP contribution in [0.2, 0.25) is 0 Å². The maximum absolute atomic E-state index is 13.1. The number of esters is 1. The molecule has 0 atom stereocenters. The average molecular weight is 491 g/mol. The molecule has 0 radical (unpaired) electrons. The zero-order valence-electron chi connectivity index (χ0n) is 19.0. The number of anilines is 2. The van der Waals surface area contributed by atoms with E-state index in [2.05, 4.69) is 5.32 Å². The normalized spacial score (nSPS) is 13.3. The van der Waals surface area contributed by atoms with E-state index in [0.717, 1.165) is 17.7 Å². The molecule has 1 N–H and O–H groups in total. The van der Waals surface area contributed by atoms with Crippen molar-refractivity contribution >= 4 is 40.8 Å². The van der Waals surface area contributed by atoms with Crippen molar-refractivity contribution < 1.29 is 23.9 Å². The average Bonchev–Trinajstić information content (AvgIpc) is 3.08. The van der Waals surface area contributed by atoms with Gasteiger partial charge < -0.3 is 14.8 Å². The third-order valence-corrected chi connectivity index (χ3v) is 5.55. The highest BCUT2D eigenvalue weighted by molar-refractivity contribution is 6.53. The van der Waals surface area contributed by atoms with Crippen molar-refractivity contribution in [3.8, 4) is 11.5 Å². The molecule has 0 spiro atoms. The number of nitrogens with zero attached hydrogens (tertiary/aromatic N) is 1. The standard InChI is InChI=1S/C27H23ClN2O5/c1-2-3-16-34-27(33)18-8-7-9-19(17-18)29-24-23(28)25(31)30(26(24)32)20-12-14-22(15-13-20)35-21-10-5-4-6-11-21/h4-15,17,29H,2-3,16H2,1H3. The molecular weight excluding hydrogens is 468 g/mol. The number of carbonyl (C=O) groups excluding carboxylic acids is 3. The first-order valence-electron chi connectivity index (χ1n) is 11.1. The Morgan fingerprint density at radius 1 is 0.914 bits per heavy atom. The molecule has 0 bridgehead atoms. The molecule has 0 saturated heterocycles. The number of unbranched alkanes of at least 4 members (excludes halogenated alkanes) is 1. The fraction of sp³-hybridized carbons (Fsp3) is 0.148. The molecule has 0 aliphatic carbocycles. The molecule has 35 heavy (non-hydrogen) atoms. The predicted octanol–water partition coefficient (Wildman–Crippen LogP) is 5.87. The quantitative estimate of drug-likeness (QED) is 0.229. The molecule has 7 nitrogen and oxygen atoms in total. The Bertz CT molecular complexity index is 1270. The first-order valence-corrected chi connectivity index (χ1v) is 11.5. The Kier molecular flexibility index (Phi) is 7.48. The van der Waals surface area contributed by atoms with Crippen LogP contribution in [0.4, 0.5) is 11.4 Å². The van der Waals surface area contributed by atoms with Crippen LogP contribution in [0.3, 0.4) is 0 Å². The van der Waals surface area contributed by atoms with Gasteiger partial charge in [-0.1, -0.05) is 49.2 Å². The zero-order valence-corrected chi connectivity index (χ0v) is 19.7. The second kappa shape index (κ2) is 10.9. The lowest BCUT2D eigenvalue weighted by molar-refractivity contribution is -0.120. The van der Waals surface area contributed by atoms with E-state index >= 15 is 0 Å². The van der Waals surface area contributed by atoms with Gasteiger partial charge in [0.1, 0.15) is 22.2 Å². The first-order chi connectivity index (χ1) is 17.0. The summed E-state index contributed by atoms with van der Waals surface area (Å²) in [4.78, 5) is 39.1. The number of hydrogen-bond donors (Lipinski definition) is 1. The molecule has 8 heteroatoms. The van der Waals surface area contributed by atoms with E-state index in [1.54, 1.807) is 48.5 Å². The lowest BCUT2D eigenvalue weighted by Gasteiger charge is -2.16. The highest BCUT2D eigenvalue weighted by Gasteiger charge is 2.39. The van der Waals surface area contributed by atoms with Gasteiger partial charge in [-0.05, 0) is 61.0 Å². The van der Waals surface area contributed by atoms with Gasteiger partial charge in [-0.2, -0.15) is 0 Å². The van der Waals surface area contributed by atoms with Crippen LogP contribution in [0.25, 0.3) is 0 Å². The van der Waals surface area contributed by atoms with Crippen molar-refractivity contribution in [1.82, 2.24) is 0 Å². The molecule has 1 heterocycles. The first kappa shape index (κ1) is 24.0. The number of benzene rings is 3. The molecule has 3 aromatic rings. The van der Waals surface area contributed by atoms with Gasteiger partial charge in [-0.25, -0.2) is 9.69 Å². The SMILES string of the molecule is CCCCOC(=O)c1cccc(NC2=C(Cl)C(=O)N(c3ccc(Oc4ccccc4)cc3)C2=O)c1. The molecule has 1 aliphatic heterocycles. The number of amides is 2. The van der Waals surface area contributed by atoms with Gasteiger partial charge in [0, 0.05) is 5.69 Å².